The van der Waals surface area contributed by atoms with Crippen LogP contribution in [0.3, 0.4) is 0 Å². The Morgan fingerprint density at radius 2 is 2.25 bits per heavy atom. The summed E-state index contributed by atoms with van der Waals surface area (Å²) in [6.07, 6.45) is 4.85. The number of hydrogen-bond donors (Lipinski definition) is 1. The van der Waals surface area contributed by atoms with Crippen molar-refractivity contribution in [2.45, 2.75) is 19.9 Å². The third kappa shape index (κ3) is 4.63. The normalized spacial score (nSPS) is 10.6. The van der Waals surface area contributed by atoms with Gasteiger partial charge in [0.05, 0.1) is 19.8 Å². The molecule has 0 aliphatic heterocycles. The van der Waals surface area contributed by atoms with Crippen LogP contribution in [0, 0.1) is 0 Å². The molecule has 0 spiro atoms. The van der Waals surface area contributed by atoms with Gasteiger partial charge in [-0.25, -0.2) is 4.98 Å². The van der Waals surface area contributed by atoms with Crippen molar-refractivity contribution in [3.8, 4) is 0 Å². The molecule has 5 nitrogen and oxygen atoms in total. The van der Waals surface area contributed by atoms with Crippen LogP contribution in [0.25, 0.3) is 0 Å². The van der Waals surface area contributed by atoms with E-state index in [4.69, 9.17) is 9.47 Å². The number of anilines is 1. The van der Waals surface area contributed by atoms with Gasteiger partial charge in [-0.3, -0.25) is 0 Å². The molecule has 0 saturated carbocycles. The highest BCUT2D eigenvalue weighted by atomic mass is 16.5. The average Bonchev–Trinajstić information content (AvgIpc) is 2.74. The Hall–Kier alpha value is -1.07. The summed E-state index contributed by atoms with van der Waals surface area (Å²) in [5, 5.41) is 3.27. The molecular formula is C11H21N3O2. The maximum atomic E-state index is 5.41. The van der Waals surface area contributed by atoms with Crippen molar-refractivity contribution in [3.63, 3.8) is 0 Å². The molecule has 1 aromatic rings. The second kappa shape index (κ2) is 8.13. The van der Waals surface area contributed by atoms with E-state index in [-0.39, 0.29) is 0 Å². The zero-order valence-corrected chi connectivity index (χ0v) is 10.1. The molecule has 5 heteroatoms. The van der Waals surface area contributed by atoms with Crippen LogP contribution in [0.15, 0.2) is 12.4 Å². The molecule has 16 heavy (non-hydrogen) atoms. The zero-order chi connectivity index (χ0) is 11.6. The average molecular weight is 227 g/mol. The van der Waals surface area contributed by atoms with Crippen LogP contribution < -0.4 is 5.32 Å². The Kier molecular flexibility index (Phi) is 6.60. The van der Waals surface area contributed by atoms with E-state index in [2.05, 4.69) is 21.8 Å². The molecule has 0 bridgehead atoms. The second-order valence-electron chi connectivity index (χ2n) is 3.48. The maximum absolute atomic E-state index is 5.41. The summed E-state index contributed by atoms with van der Waals surface area (Å²) >= 11 is 0. The monoisotopic (exact) mass is 227 g/mol. The lowest BCUT2D eigenvalue weighted by Crippen LogP contribution is -2.12. The summed E-state index contributed by atoms with van der Waals surface area (Å²) in [7, 11) is 1.67. The maximum Gasteiger partial charge on any atom is 0.202 e. The molecule has 0 atom stereocenters. The van der Waals surface area contributed by atoms with E-state index in [9.17, 15) is 0 Å². The number of hydrogen-bond acceptors (Lipinski definition) is 4. The quantitative estimate of drug-likeness (QED) is 0.647. The smallest absolute Gasteiger partial charge is 0.202 e. The molecule has 0 saturated heterocycles. The molecule has 0 aliphatic carbocycles. The third-order valence-corrected chi connectivity index (χ3v) is 2.16. The first-order valence-electron chi connectivity index (χ1n) is 5.70. The van der Waals surface area contributed by atoms with Gasteiger partial charge >= 0.3 is 0 Å². The fraction of sp³-hybridized carbons (Fsp3) is 0.727. The Labute approximate surface area is 96.8 Å². The van der Waals surface area contributed by atoms with Gasteiger partial charge in [-0.1, -0.05) is 6.92 Å². The van der Waals surface area contributed by atoms with E-state index in [1.54, 1.807) is 13.3 Å². The lowest BCUT2D eigenvalue weighted by Gasteiger charge is -2.09. The third-order valence-electron chi connectivity index (χ3n) is 2.16. The van der Waals surface area contributed by atoms with Crippen molar-refractivity contribution in [1.82, 2.24) is 9.55 Å². The lowest BCUT2D eigenvalue weighted by molar-refractivity contribution is 0.0668. The first kappa shape index (κ1) is 13.0. The van der Waals surface area contributed by atoms with Gasteiger partial charge in [0.15, 0.2) is 0 Å². The van der Waals surface area contributed by atoms with E-state index in [0.717, 1.165) is 25.5 Å². The van der Waals surface area contributed by atoms with Crippen molar-refractivity contribution in [2.24, 2.45) is 0 Å². The SMILES string of the molecule is CCCNc1nccn1CCOCCOC. The molecule has 0 aliphatic rings. The summed E-state index contributed by atoms with van der Waals surface area (Å²) in [5.74, 6) is 0.914. The summed E-state index contributed by atoms with van der Waals surface area (Å²) in [5.41, 5.74) is 0. The van der Waals surface area contributed by atoms with E-state index < -0.39 is 0 Å². The second-order valence-corrected chi connectivity index (χ2v) is 3.48. The molecule has 1 heterocycles. The molecule has 1 N–H and O–H groups in total. The fourth-order valence-corrected chi connectivity index (χ4v) is 1.30. The Bertz CT molecular complexity index is 276. The van der Waals surface area contributed by atoms with Gasteiger partial charge in [0, 0.05) is 32.6 Å². The molecule has 92 valence electrons. The van der Waals surface area contributed by atoms with E-state index in [0.29, 0.717) is 19.8 Å². The Morgan fingerprint density at radius 3 is 3.00 bits per heavy atom. The number of rotatable bonds is 9. The van der Waals surface area contributed by atoms with E-state index >= 15 is 0 Å². The standard InChI is InChI=1S/C11H21N3O2/c1-3-4-12-11-13-5-6-14(11)7-8-16-10-9-15-2/h5-6H,3-4,7-10H2,1-2H3,(H,12,13). The van der Waals surface area contributed by atoms with E-state index in [1.165, 1.54) is 0 Å². The lowest BCUT2D eigenvalue weighted by atomic mass is 10.5. The predicted molar refractivity (Wildman–Crippen MR) is 63.7 cm³/mol. The van der Waals surface area contributed by atoms with Crippen LogP contribution in [0.5, 0.6) is 0 Å². The number of nitrogens with zero attached hydrogens (tertiary/aromatic N) is 2. The van der Waals surface area contributed by atoms with Crippen molar-refractivity contribution in [3.05, 3.63) is 12.4 Å². The predicted octanol–water partition coefficient (Wildman–Crippen LogP) is 1.37. The Balaban J connectivity index is 2.22. The van der Waals surface area contributed by atoms with Crippen LogP contribution in [-0.4, -0.2) is 43.0 Å². The van der Waals surface area contributed by atoms with Crippen molar-refractivity contribution < 1.29 is 9.47 Å². The summed E-state index contributed by atoms with van der Waals surface area (Å²) in [6.45, 7) is 5.86. The topological polar surface area (TPSA) is 48.3 Å². The minimum atomic E-state index is 0.642. The van der Waals surface area contributed by atoms with Crippen molar-refractivity contribution in [2.75, 3.05) is 38.8 Å². The largest absolute Gasteiger partial charge is 0.382 e. The van der Waals surface area contributed by atoms with Crippen LogP contribution in [0.2, 0.25) is 0 Å². The molecule has 0 amide bonds. The molecule has 0 unspecified atom stereocenters. The summed E-state index contributed by atoms with van der Waals surface area (Å²) < 4.78 is 12.4. The molecule has 0 aromatic carbocycles. The summed E-state index contributed by atoms with van der Waals surface area (Å²) in [6, 6.07) is 0. The van der Waals surface area contributed by atoms with Gasteiger partial charge in [0.1, 0.15) is 0 Å². The molecular weight excluding hydrogens is 206 g/mol. The zero-order valence-electron chi connectivity index (χ0n) is 10.1. The number of methoxy groups -OCH3 is 1. The first-order chi connectivity index (χ1) is 7.88. The molecule has 1 aromatic heterocycles. The highest BCUT2D eigenvalue weighted by Crippen LogP contribution is 2.03. The van der Waals surface area contributed by atoms with Gasteiger partial charge in [-0.05, 0) is 6.42 Å². The van der Waals surface area contributed by atoms with Gasteiger partial charge in [-0.15, -0.1) is 0 Å². The molecule has 0 radical (unpaired) electrons. The summed E-state index contributed by atoms with van der Waals surface area (Å²) in [4.78, 5) is 4.24. The van der Waals surface area contributed by atoms with Gasteiger partial charge < -0.3 is 19.4 Å². The molecule has 0 fully saturated rings. The van der Waals surface area contributed by atoms with Crippen LogP contribution in [0.4, 0.5) is 5.95 Å². The van der Waals surface area contributed by atoms with Crippen LogP contribution >= 0.6 is 0 Å². The minimum Gasteiger partial charge on any atom is -0.382 e. The number of imidazole rings is 1. The highest BCUT2D eigenvalue weighted by Gasteiger charge is 2.00. The Morgan fingerprint density at radius 1 is 1.38 bits per heavy atom. The van der Waals surface area contributed by atoms with Crippen LogP contribution in [-0.2, 0) is 16.0 Å². The minimum absolute atomic E-state index is 0.642. The number of aromatic nitrogens is 2. The van der Waals surface area contributed by atoms with Gasteiger partial charge in [-0.2, -0.15) is 0 Å². The molecule has 1 rings (SSSR count). The van der Waals surface area contributed by atoms with E-state index in [1.807, 2.05) is 6.20 Å². The number of nitrogens with one attached hydrogen (secondary N) is 1. The fourth-order valence-electron chi connectivity index (χ4n) is 1.30. The highest BCUT2D eigenvalue weighted by molar-refractivity contribution is 5.25. The van der Waals surface area contributed by atoms with Gasteiger partial charge in [0.25, 0.3) is 0 Å². The first-order valence-corrected chi connectivity index (χ1v) is 5.70. The number of ether oxygens (including phenoxy) is 2. The van der Waals surface area contributed by atoms with Crippen molar-refractivity contribution in [1.29, 1.82) is 0 Å². The van der Waals surface area contributed by atoms with Crippen molar-refractivity contribution >= 4 is 5.95 Å². The van der Waals surface area contributed by atoms with Crippen LogP contribution in [0.1, 0.15) is 13.3 Å². The van der Waals surface area contributed by atoms with Gasteiger partial charge in [0.2, 0.25) is 5.95 Å².